The summed E-state index contributed by atoms with van der Waals surface area (Å²) in [5, 5.41) is 0. The van der Waals surface area contributed by atoms with Crippen LogP contribution in [0, 0.1) is 46.8 Å². The van der Waals surface area contributed by atoms with Gasteiger partial charge in [0.1, 0.15) is 0 Å². The summed E-state index contributed by atoms with van der Waals surface area (Å²) in [4.78, 5) is 0. The fourth-order valence-electron chi connectivity index (χ4n) is 10.2. The maximum Gasteiger partial charge on any atom is 0.00794 e. The number of fused-ring (bicyclic) bond motifs is 10. The summed E-state index contributed by atoms with van der Waals surface area (Å²) in [6.45, 7) is 0. The lowest BCUT2D eigenvalue weighted by Crippen LogP contribution is -2.47. The molecule has 6 aliphatic carbocycles. The molecular formula is C25H39N. The zero-order chi connectivity index (χ0) is 17.3. The van der Waals surface area contributed by atoms with Gasteiger partial charge in [0.25, 0.3) is 0 Å². The van der Waals surface area contributed by atoms with Crippen LogP contribution in [0.4, 0.5) is 0 Å². The van der Waals surface area contributed by atoms with E-state index in [-0.39, 0.29) is 0 Å². The van der Waals surface area contributed by atoms with E-state index < -0.39 is 0 Å². The van der Waals surface area contributed by atoms with Gasteiger partial charge in [0.15, 0.2) is 0 Å². The van der Waals surface area contributed by atoms with Gasteiger partial charge in [-0.3, -0.25) is 0 Å². The fraction of sp³-hybridized carbons (Fsp3) is 0.920. The first-order valence-corrected chi connectivity index (χ1v) is 12.3. The molecule has 0 saturated heterocycles. The van der Waals surface area contributed by atoms with Gasteiger partial charge in [0.05, 0.1) is 0 Å². The number of rotatable bonds is 0. The topological polar surface area (TPSA) is 26.0 Å². The van der Waals surface area contributed by atoms with Crippen LogP contribution in [0.3, 0.4) is 0 Å². The van der Waals surface area contributed by atoms with Crippen molar-refractivity contribution < 1.29 is 0 Å². The lowest BCUT2D eigenvalue weighted by Gasteiger charge is -2.51. The Bertz CT molecular complexity index is 569. The van der Waals surface area contributed by atoms with Crippen molar-refractivity contribution in [1.29, 1.82) is 0 Å². The first-order chi connectivity index (χ1) is 12.8. The molecule has 0 heterocycles. The smallest absolute Gasteiger partial charge is 0.00794 e. The quantitative estimate of drug-likeness (QED) is 0.524. The summed E-state index contributed by atoms with van der Waals surface area (Å²) in [6.07, 6.45) is 23.7. The van der Waals surface area contributed by atoms with Crippen molar-refractivity contribution in [2.24, 2.45) is 52.6 Å². The standard InChI is InChI=1S/C25H39N/c26-16-13-14-20-19-9-3-6-12-23(19)25(24(20)15-16)21-10-4-1-7-17(21)18-8-2-5-11-22(18)25/h14,16-19,21-24H,1-13,15,26H2. The molecule has 144 valence electrons. The third kappa shape index (κ3) is 2.02. The van der Waals surface area contributed by atoms with Crippen LogP contribution in [0.25, 0.3) is 0 Å². The maximum absolute atomic E-state index is 6.62. The van der Waals surface area contributed by atoms with Crippen molar-refractivity contribution in [3.05, 3.63) is 11.6 Å². The van der Waals surface area contributed by atoms with Gasteiger partial charge in [0, 0.05) is 6.04 Å². The van der Waals surface area contributed by atoms with Crippen molar-refractivity contribution in [1.82, 2.24) is 0 Å². The van der Waals surface area contributed by atoms with Crippen LogP contribution in [-0.2, 0) is 0 Å². The summed E-state index contributed by atoms with van der Waals surface area (Å²) in [7, 11) is 0. The molecule has 0 amide bonds. The second-order valence-electron chi connectivity index (χ2n) is 11.1. The van der Waals surface area contributed by atoms with Gasteiger partial charge in [-0.15, -0.1) is 0 Å². The highest BCUT2D eigenvalue weighted by Crippen LogP contribution is 2.76. The van der Waals surface area contributed by atoms with E-state index in [2.05, 4.69) is 6.08 Å². The average molecular weight is 354 g/mol. The molecule has 0 radical (unpaired) electrons. The minimum Gasteiger partial charge on any atom is -0.327 e. The van der Waals surface area contributed by atoms with Crippen LogP contribution in [0.2, 0.25) is 0 Å². The molecule has 1 nitrogen and oxygen atoms in total. The van der Waals surface area contributed by atoms with Gasteiger partial charge in [-0.1, -0.05) is 50.2 Å². The van der Waals surface area contributed by atoms with E-state index >= 15 is 0 Å². The predicted molar refractivity (Wildman–Crippen MR) is 108 cm³/mol. The molecule has 1 spiro atoms. The maximum atomic E-state index is 6.62. The number of nitrogens with two attached hydrogens (primary N) is 1. The highest BCUT2D eigenvalue weighted by atomic mass is 14.8. The van der Waals surface area contributed by atoms with Crippen molar-refractivity contribution in [3.8, 4) is 0 Å². The largest absolute Gasteiger partial charge is 0.327 e. The summed E-state index contributed by atoms with van der Waals surface area (Å²) >= 11 is 0. The molecule has 6 aliphatic rings. The van der Waals surface area contributed by atoms with Crippen LogP contribution >= 0.6 is 0 Å². The minimum atomic E-state index is 0.449. The SMILES string of the molecule is NC1CC=C2C3CCCCC3C3(C2C1)C1CCCCC1C1CCCCC13. The second kappa shape index (κ2) is 6.10. The first kappa shape index (κ1) is 16.6. The molecule has 0 aliphatic heterocycles. The average Bonchev–Trinajstić information content (AvgIpc) is 3.15. The van der Waals surface area contributed by atoms with Crippen molar-refractivity contribution in [3.63, 3.8) is 0 Å². The van der Waals surface area contributed by atoms with E-state index in [1.165, 1.54) is 57.8 Å². The highest BCUT2D eigenvalue weighted by molar-refractivity contribution is 5.32. The van der Waals surface area contributed by atoms with Gasteiger partial charge in [-0.05, 0) is 98.2 Å². The van der Waals surface area contributed by atoms with E-state index in [4.69, 9.17) is 5.73 Å². The Morgan fingerprint density at radius 2 is 1.31 bits per heavy atom. The van der Waals surface area contributed by atoms with E-state index in [1.54, 1.807) is 32.1 Å². The molecule has 5 fully saturated rings. The van der Waals surface area contributed by atoms with Gasteiger partial charge in [-0.25, -0.2) is 0 Å². The summed E-state index contributed by atoms with van der Waals surface area (Å²) < 4.78 is 0. The number of allylic oxidation sites excluding steroid dienone is 1. The van der Waals surface area contributed by atoms with Crippen molar-refractivity contribution >= 4 is 0 Å². The van der Waals surface area contributed by atoms with Crippen LogP contribution in [0.1, 0.15) is 89.9 Å². The molecule has 0 aromatic rings. The fourth-order valence-corrected chi connectivity index (χ4v) is 10.2. The highest BCUT2D eigenvalue weighted by Gasteiger charge is 2.70. The Morgan fingerprint density at radius 1 is 0.731 bits per heavy atom. The Balaban J connectivity index is 1.52. The summed E-state index contributed by atoms with van der Waals surface area (Å²) in [6, 6.07) is 0.449. The van der Waals surface area contributed by atoms with E-state index in [1.807, 2.05) is 5.57 Å². The molecule has 8 atom stereocenters. The lowest BCUT2D eigenvalue weighted by atomic mass is 9.53. The second-order valence-corrected chi connectivity index (χ2v) is 11.1. The van der Waals surface area contributed by atoms with Crippen LogP contribution < -0.4 is 5.73 Å². The lowest BCUT2D eigenvalue weighted by molar-refractivity contribution is -0.0293. The van der Waals surface area contributed by atoms with E-state index in [9.17, 15) is 0 Å². The van der Waals surface area contributed by atoms with Crippen molar-refractivity contribution in [2.45, 2.75) is 95.9 Å². The zero-order valence-electron chi connectivity index (χ0n) is 16.7. The first-order valence-electron chi connectivity index (χ1n) is 12.3. The Kier molecular flexibility index (Phi) is 3.90. The molecule has 2 N–H and O–H groups in total. The molecule has 5 saturated carbocycles. The summed E-state index contributed by atoms with van der Waals surface area (Å²) in [5.41, 5.74) is 9.26. The Labute approximate surface area is 160 Å². The van der Waals surface area contributed by atoms with E-state index in [0.29, 0.717) is 11.5 Å². The molecule has 8 unspecified atom stereocenters. The van der Waals surface area contributed by atoms with E-state index in [0.717, 1.165) is 41.4 Å². The zero-order valence-corrected chi connectivity index (χ0v) is 16.7. The monoisotopic (exact) mass is 353 g/mol. The number of hydrogen-bond donors (Lipinski definition) is 1. The minimum absolute atomic E-state index is 0.449. The third-order valence-electron chi connectivity index (χ3n) is 10.5. The molecule has 0 bridgehead atoms. The van der Waals surface area contributed by atoms with Gasteiger partial charge >= 0.3 is 0 Å². The van der Waals surface area contributed by atoms with Crippen LogP contribution in [-0.4, -0.2) is 6.04 Å². The molecular weight excluding hydrogens is 314 g/mol. The molecule has 26 heavy (non-hydrogen) atoms. The van der Waals surface area contributed by atoms with Gasteiger partial charge in [-0.2, -0.15) is 0 Å². The molecule has 1 heteroatoms. The molecule has 6 rings (SSSR count). The Hall–Kier alpha value is -0.300. The third-order valence-corrected chi connectivity index (χ3v) is 10.5. The van der Waals surface area contributed by atoms with Crippen LogP contribution in [0.15, 0.2) is 11.6 Å². The van der Waals surface area contributed by atoms with Crippen LogP contribution in [0.5, 0.6) is 0 Å². The molecule has 0 aromatic carbocycles. The number of hydrogen-bond acceptors (Lipinski definition) is 1. The van der Waals surface area contributed by atoms with Gasteiger partial charge in [0.2, 0.25) is 0 Å². The Morgan fingerprint density at radius 3 is 2.00 bits per heavy atom. The van der Waals surface area contributed by atoms with Gasteiger partial charge < -0.3 is 5.73 Å². The summed E-state index contributed by atoms with van der Waals surface area (Å²) in [5.74, 6) is 7.20. The normalized spacial score (nSPS) is 55.7. The molecule has 0 aromatic heterocycles. The van der Waals surface area contributed by atoms with Crippen molar-refractivity contribution in [2.75, 3.05) is 0 Å². The predicted octanol–water partition coefficient (Wildman–Crippen LogP) is 6.08.